The van der Waals surface area contributed by atoms with E-state index in [-0.39, 0.29) is 11.8 Å². The van der Waals surface area contributed by atoms with E-state index >= 15 is 0 Å². The molecule has 1 rings (SSSR count). The highest BCUT2D eigenvalue weighted by atomic mass is 32.2. The molecular weight excluding hydrogens is 262 g/mol. The van der Waals surface area contributed by atoms with Crippen molar-refractivity contribution in [1.82, 2.24) is 5.32 Å². The first-order valence-electron chi connectivity index (χ1n) is 6.51. The van der Waals surface area contributed by atoms with Crippen LogP contribution in [0.15, 0.2) is 29.2 Å². The third-order valence-electron chi connectivity index (χ3n) is 2.85. The van der Waals surface area contributed by atoms with Crippen LogP contribution in [0.1, 0.15) is 18.9 Å². The maximum absolute atomic E-state index is 12.3. The van der Waals surface area contributed by atoms with Crippen molar-refractivity contribution in [3.8, 4) is 0 Å². The highest BCUT2D eigenvalue weighted by Crippen LogP contribution is 2.13. The maximum atomic E-state index is 12.3. The molecule has 4 nitrogen and oxygen atoms in total. The number of hydrogen-bond acceptors (Lipinski definition) is 4. The number of sulfone groups is 1. The van der Waals surface area contributed by atoms with Crippen molar-refractivity contribution in [3.05, 3.63) is 29.8 Å². The number of ether oxygens (including phenoxy) is 1. The Bertz CT molecular complexity index is 468. The molecule has 1 aromatic carbocycles. The Balaban J connectivity index is 2.78. The minimum Gasteiger partial charge on any atom is -0.383 e. The Morgan fingerprint density at radius 3 is 2.42 bits per heavy atom. The lowest BCUT2D eigenvalue weighted by Crippen LogP contribution is -2.39. The fourth-order valence-electron chi connectivity index (χ4n) is 1.82. The van der Waals surface area contributed by atoms with Crippen LogP contribution in [0.4, 0.5) is 0 Å². The van der Waals surface area contributed by atoms with Crippen LogP contribution in [0.25, 0.3) is 0 Å². The molecule has 5 heteroatoms. The monoisotopic (exact) mass is 285 g/mol. The molecule has 1 aromatic rings. The molecule has 0 aliphatic rings. The summed E-state index contributed by atoms with van der Waals surface area (Å²) in [5, 5.41) is 3.20. The summed E-state index contributed by atoms with van der Waals surface area (Å²) in [5.74, 6) is 0.0594. The first-order valence-corrected chi connectivity index (χ1v) is 8.16. The van der Waals surface area contributed by atoms with Crippen LogP contribution in [0.2, 0.25) is 0 Å². The molecule has 0 saturated heterocycles. The van der Waals surface area contributed by atoms with Gasteiger partial charge in [-0.05, 0) is 32.0 Å². The standard InChI is InChI=1S/C14H23NO3S/c1-4-9-15-13(10-18-3)11-19(16,17)14-7-5-12(2)6-8-14/h5-8,13,15H,4,9-11H2,1-3H3. The van der Waals surface area contributed by atoms with Crippen molar-refractivity contribution in [2.45, 2.75) is 31.2 Å². The molecule has 1 N–H and O–H groups in total. The minimum atomic E-state index is -3.27. The van der Waals surface area contributed by atoms with Gasteiger partial charge in [-0.3, -0.25) is 0 Å². The predicted molar refractivity (Wildman–Crippen MR) is 77.2 cm³/mol. The molecule has 0 radical (unpaired) electrons. The molecule has 19 heavy (non-hydrogen) atoms. The molecule has 1 atom stereocenters. The number of benzene rings is 1. The zero-order valence-electron chi connectivity index (χ0n) is 11.8. The van der Waals surface area contributed by atoms with Crippen LogP contribution in [0.3, 0.4) is 0 Å². The van der Waals surface area contributed by atoms with Gasteiger partial charge < -0.3 is 10.1 Å². The topological polar surface area (TPSA) is 55.4 Å². The van der Waals surface area contributed by atoms with Crippen LogP contribution in [-0.4, -0.2) is 40.5 Å². The van der Waals surface area contributed by atoms with Crippen LogP contribution >= 0.6 is 0 Å². The number of hydrogen-bond donors (Lipinski definition) is 1. The van der Waals surface area contributed by atoms with Gasteiger partial charge in [0.1, 0.15) is 0 Å². The van der Waals surface area contributed by atoms with Crippen molar-refractivity contribution < 1.29 is 13.2 Å². The number of rotatable bonds is 8. The molecule has 0 aliphatic carbocycles. The Hall–Kier alpha value is -0.910. The summed E-state index contributed by atoms with van der Waals surface area (Å²) in [5.41, 5.74) is 1.05. The zero-order valence-corrected chi connectivity index (χ0v) is 12.7. The maximum Gasteiger partial charge on any atom is 0.179 e. The van der Waals surface area contributed by atoms with Crippen molar-refractivity contribution in [3.63, 3.8) is 0 Å². The molecule has 0 heterocycles. The van der Waals surface area contributed by atoms with E-state index in [0.29, 0.717) is 11.5 Å². The van der Waals surface area contributed by atoms with Crippen molar-refractivity contribution in [2.24, 2.45) is 0 Å². The first-order chi connectivity index (χ1) is 8.99. The van der Waals surface area contributed by atoms with Crippen LogP contribution in [0.5, 0.6) is 0 Å². The Kier molecular flexibility index (Phi) is 6.48. The van der Waals surface area contributed by atoms with E-state index in [9.17, 15) is 8.42 Å². The summed E-state index contributed by atoms with van der Waals surface area (Å²) in [7, 11) is -1.69. The largest absolute Gasteiger partial charge is 0.383 e. The molecule has 108 valence electrons. The van der Waals surface area contributed by atoms with Crippen molar-refractivity contribution >= 4 is 9.84 Å². The Morgan fingerprint density at radius 2 is 1.89 bits per heavy atom. The van der Waals surface area contributed by atoms with Gasteiger partial charge >= 0.3 is 0 Å². The molecule has 0 spiro atoms. The third-order valence-corrected chi connectivity index (χ3v) is 4.68. The van der Waals surface area contributed by atoms with Gasteiger partial charge in [0.05, 0.1) is 17.3 Å². The van der Waals surface area contributed by atoms with Crippen LogP contribution in [0, 0.1) is 6.92 Å². The molecule has 0 saturated carbocycles. The van der Waals surface area contributed by atoms with Gasteiger partial charge in [0.15, 0.2) is 9.84 Å². The number of methoxy groups -OCH3 is 1. The minimum absolute atomic E-state index is 0.0594. The number of nitrogens with one attached hydrogen (secondary N) is 1. The Labute approximate surface area is 116 Å². The van der Waals surface area contributed by atoms with Crippen LogP contribution < -0.4 is 5.32 Å². The highest BCUT2D eigenvalue weighted by Gasteiger charge is 2.20. The predicted octanol–water partition coefficient (Wildman–Crippen LogP) is 1.78. The third kappa shape index (κ3) is 5.30. The lowest BCUT2D eigenvalue weighted by atomic mass is 10.2. The second kappa shape index (κ2) is 7.62. The molecular formula is C14H23NO3S. The quantitative estimate of drug-likeness (QED) is 0.791. The van der Waals surface area contributed by atoms with E-state index in [1.54, 1.807) is 19.2 Å². The average molecular weight is 285 g/mol. The van der Waals surface area contributed by atoms with Gasteiger partial charge in [-0.15, -0.1) is 0 Å². The Morgan fingerprint density at radius 1 is 1.26 bits per heavy atom. The van der Waals surface area contributed by atoms with E-state index in [2.05, 4.69) is 5.32 Å². The molecule has 1 unspecified atom stereocenters. The summed E-state index contributed by atoms with van der Waals surface area (Å²) < 4.78 is 29.7. The van der Waals surface area contributed by atoms with Crippen LogP contribution in [-0.2, 0) is 14.6 Å². The van der Waals surface area contributed by atoms with Gasteiger partial charge in [0.2, 0.25) is 0 Å². The fourth-order valence-corrected chi connectivity index (χ4v) is 3.31. The molecule has 0 bridgehead atoms. The second-order valence-corrected chi connectivity index (χ2v) is 6.74. The van der Waals surface area contributed by atoms with Gasteiger partial charge in [0, 0.05) is 13.2 Å². The van der Waals surface area contributed by atoms with E-state index in [0.717, 1.165) is 18.5 Å². The van der Waals surface area contributed by atoms with Gasteiger partial charge in [-0.25, -0.2) is 8.42 Å². The molecule has 0 fully saturated rings. The smallest absolute Gasteiger partial charge is 0.179 e. The second-order valence-electron chi connectivity index (χ2n) is 4.70. The molecule has 0 amide bonds. The number of aryl methyl sites for hydroxylation is 1. The van der Waals surface area contributed by atoms with Gasteiger partial charge in [-0.1, -0.05) is 24.6 Å². The lowest BCUT2D eigenvalue weighted by molar-refractivity contribution is 0.173. The van der Waals surface area contributed by atoms with Crippen molar-refractivity contribution in [1.29, 1.82) is 0 Å². The van der Waals surface area contributed by atoms with E-state index < -0.39 is 9.84 Å². The summed E-state index contributed by atoms with van der Waals surface area (Å²) >= 11 is 0. The average Bonchev–Trinajstić information content (AvgIpc) is 2.36. The summed E-state index contributed by atoms with van der Waals surface area (Å²) in [6, 6.07) is 6.79. The molecule has 0 aromatic heterocycles. The van der Waals surface area contributed by atoms with Gasteiger partial charge in [-0.2, -0.15) is 0 Å². The highest BCUT2D eigenvalue weighted by molar-refractivity contribution is 7.91. The SMILES string of the molecule is CCCNC(COC)CS(=O)(=O)c1ccc(C)cc1. The van der Waals surface area contributed by atoms with Gasteiger partial charge in [0.25, 0.3) is 0 Å². The summed E-state index contributed by atoms with van der Waals surface area (Å²) in [6.07, 6.45) is 0.963. The summed E-state index contributed by atoms with van der Waals surface area (Å²) in [4.78, 5) is 0.373. The first kappa shape index (κ1) is 16.1. The van der Waals surface area contributed by atoms with E-state index in [1.165, 1.54) is 0 Å². The van der Waals surface area contributed by atoms with Crippen molar-refractivity contribution in [2.75, 3.05) is 26.0 Å². The summed E-state index contributed by atoms with van der Waals surface area (Å²) in [6.45, 7) is 5.17. The lowest BCUT2D eigenvalue weighted by Gasteiger charge is -2.17. The van der Waals surface area contributed by atoms with E-state index in [1.807, 2.05) is 26.0 Å². The normalized spacial score (nSPS) is 13.4. The fraction of sp³-hybridized carbons (Fsp3) is 0.571. The van der Waals surface area contributed by atoms with E-state index in [4.69, 9.17) is 4.74 Å². The zero-order chi connectivity index (χ0) is 14.3. The molecule has 0 aliphatic heterocycles.